The van der Waals surface area contributed by atoms with Crippen LogP contribution in [0.4, 0.5) is 0 Å². The third-order valence-corrected chi connectivity index (χ3v) is 3.75. The van der Waals surface area contributed by atoms with Gasteiger partial charge in [-0.1, -0.05) is 24.3 Å². The molecule has 0 aliphatic carbocycles. The summed E-state index contributed by atoms with van der Waals surface area (Å²) < 4.78 is 5.51. The first-order valence-electron chi connectivity index (χ1n) is 6.49. The molecule has 0 bridgehead atoms. The van der Waals surface area contributed by atoms with Gasteiger partial charge >= 0.3 is 0 Å². The first-order chi connectivity index (χ1) is 8.90. The summed E-state index contributed by atoms with van der Waals surface area (Å²) in [7, 11) is 2.02. The van der Waals surface area contributed by atoms with E-state index in [1.54, 1.807) is 0 Å². The minimum Gasteiger partial charge on any atom is -0.381 e. The third kappa shape index (κ3) is 2.00. The molecule has 18 heavy (non-hydrogen) atoms. The Balaban J connectivity index is 2.06. The van der Waals surface area contributed by atoms with Crippen LogP contribution in [0.1, 0.15) is 18.0 Å². The van der Waals surface area contributed by atoms with E-state index < -0.39 is 0 Å². The van der Waals surface area contributed by atoms with Gasteiger partial charge in [0.15, 0.2) is 0 Å². The van der Waals surface area contributed by atoms with E-state index in [0.717, 1.165) is 25.2 Å². The molecular formula is C15H18N2O. The van der Waals surface area contributed by atoms with Gasteiger partial charge in [-0.05, 0) is 25.1 Å². The predicted octanol–water partition coefficient (Wildman–Crippen LogP) is 2.53. The van der Waals surface area contributed by atoms with E-state index in [1.807, 2.05) is 19.3 Å². The van der Waals surface area contributed by atoms with Gasteiger partial charge in [0.2, 0.25) is 0 Å². The van der Waals surface area contributed by atoms with Crippen molar-refractivity contribution in [3.05, 3.63) is 42.1 Å². The lowest BCUT2D eigenvalue weighted by atomic mass is 9.91. The molecule has 2 atom stereocenters. The molecule has 2 aromatic rings. The fourth-order valence-electron chi connectivity index (χ4n) is 2.84. The normalized spacial score (nSPS) is 21.3. The van der Waals surface area contributed by atoms with Crippen molar-refractivity contribution in [2.45, 2.75) is 12.5 Å². The van der Waals surface area contributed by atoms with Crippen molar-refractivity contribution in [1.29, 1.82) is 0 Å². The number of hydrogen-bond donors (Lipinski definition) is 1. The van der Waals surface area contributed by atoms with E-state index in [1.165, 1.54) is 10.9 Å². The average molecular weight is 242 g/mol. The molecule has 1 aromatic carbocycles. The van der Waals surface area contributed by atoms with Gasteiger partial charge in [0, 0.05) is 30.1 Å². The van der Waals surface area contributed by atoms with Crippen molar-refractivity contribution in [3.63, 3.8) is 0 Å². The quantitative estimate of drug-likeness (QED) is 0.898. The standard InChI is InChI=1S/C15H18N2O/c1-16-14(12-7-9-18-10-12)13-6-2-4-11-5-3-8-17-15(11)13/h2-6,8,12,14,16H,7,9-10H2,1H3. The smallest absolute Gasteiger partial charge is 0.0749 e. The molecule has 0 radical (unpaired) electrons. The molecule has 1 saturated heterocycles. The second-order valence-corrected chi connectivity index (χ2v) is 4.81. The maximum atomic E-state index is 5.51. The number of benzene rings is 1. The topological polar surface area (TPSA) is 34.2 Å². The minimum absolute atomic E-state index is 0.325. The summed E-state index contributed by atoms with van der Waals surface area (Å²) in [5.74, 6) is 0.544. The Morgan fingerprint density at radius 2 is 2.22 bits per heavy atom. The molecule has 1 aliphatic heterocycles. The molecular weight excluding hydrogens is 224 g/mol. The van der Waals surface area contributed by atoms with Gasteiger partial charge in [-0.25, -0.2) is 0 Å². The highest BCUT2D eigenvalue weighted by molar-refractivity contribution is 5.82. The molecule has 2 unspecified atom stereocenters. The van der Waals surface area contributed by atoms with E-state index in [0.29, 0.717) is 12.0 Å². The largest absolute Gasteiger partial charge is 0.381 e. The molecule has 1 aliphatic rings. The molecule has 3 nitrogen and oxygen atoms in total. The lowest BCUT2D eigenvalue weighted by Gasteiger charge is -2.23. The van der Waals surface area contributed by atoms with Crippen LogP contribution >= 0.6 is 0 Å². The summed E-state index contributed by atoms with van der Waals surface area (Å²) in [5.41, 5.74) is 2.39. The Labute approximate surface area is 107 Å². The fraction of sp³-hybridized carbons (Fsp3) is 0.400. The molecule has 3 heteroatoms. The summed E-state index contributed by atoms with van der Waals surface area (Å²) in [6, 6.07) is 10.8. The molecule has 1 N–H and O–H groups in total. The zero-order chi connectivity index (χ0) is 12.4. The van der Waals surface area contributed by atoms with E-state index in [4.69, 9.17) is 4.74 Å². The number of nitrogens with zero attached hydrogens (tertiary/aromatic N) is 1. The molecule has 3 rings (SSSR count). The summed E-state index contributed by atoms with van der Waals surface area (Å²) in [4.78, 5) is 4.54. The number of rotatable bonds is 3. The van der Waals surface area contributed by atoms with Crippen LogP contribution in [0, 0.1) is 5.92 Å². The lowest BCUT2D eigenvalue weighted by molar-refractivity contribution is 0.178. The van der Waals surface area contributed by atoms with Gasteiger partial charge in [-0.3, -0.25) is 4.98 Å². The maximum absolute atomic E-state index is 5.51. The number of pyridine rings is 1. The van der Waals surface area contributed by atoms with E-state index >= 15 is 0 Å². The average Bonchev–Trinajstić information content (AvgIpc) is 2.94. The fourth-order valence-corrected chi connectivity index (χ4v) is 2.84. The highest BCUT2D eigenvalue weighted by atomic mass is 16.5. The first kappa shape index (κ1) is 11.6. The zero-order valence-corrected chi connectivity index (χ0v) is 10.6. The van der Waals surface area contributed by atoms with Crippen molar-refractivity contribution >= 4 is 10.9 Å². The van der Waals surface area contributed by atoms with Crippen LogP contribution in [0.25, 0.3) is 10.9 Å². The van der Waals surface area contributed by atoms with Crippen LogP contribution in [0.3, 0.4) is 0 Å². The molecule has 2 heterocycles. The zero-order valence-electron chi connectivity index (χ0n) is 10.6. The predicted molar refractivity (Wildman–Crippen MR) is 72.5 cm³/mol. The highest BCUT2D eigenvalue weighted by Gasteiger charge is 2.27. The first-order valence-corrected chi connectivity index (χ1v) is 6.49. The van der Waals surface area contributed by atoms with Gasteiger partial charge < -0.3 is 10.1 Å². The van der Waals surface area contributed by atoms with Crippen LogP contribution in [-0.2, 0) is 4.74 Å². The Kier molecular flexibility index (Phi) is 3.26. The van der Waals surface area contributed by atoms with Crippen LogP contribution in [0.15, 0.2) is 36.5 Å². The SMILES string of the molecule is CNC(c1cccc2cccnc12)C1CCOC1. The van der Waals surface area contributed by atoms with Gasteiger partial charge in [0.25, 0.3) is 0 Å². The van der Waals surface area contributed by atoms with Gasteiger partial charge in [-0.15, -0.1) is 0 Å². The molecule has 94 valence electrons. The number of ether oxygens (including phenoxy) is 1. The lowest BCUT2D eigenvalue weighted by Crippen LogP contribution is -2.25. The number of aromatic nitrogens is 1. The Bertz CT molecular complexity index is 530. The van der Waals surface area contributed by atoms with Crippen LogP contribution < -0.4 is 5.32 Å². The molecule has 1 fully saturated rings. The molecule has 0 saturated carbocycles. The van der Waals surface area contributed by atoms with E-state index in [2.05, 4.69) is 34.6 Å². The Morgan fingerprint density at radius 3 is 3.00 bits per heavy atom. The summed E-state index contributed by atoms with van der Waals surface area (Å²) in [6.07, 6.45) is 2.98. The number of fused-ring (bicyclic) bond motifs is 1. The van der Waals surface area contributed by atoms with Crippen LogP contribution in [0.2, 0.25) is 0 Å². The molecule has 1 aromatic heterocycles. The van der Waals surface area contributed by atoms with Crippen LogP contribution in [-0.4, -0.2) is 25.2 Å². The Hall–Kier alpha value is -1.45. The number of para-hydroxylation sites is 1. The molecule has 0 amide bonds. The van der Waals surface area contributed by atoms with Gasteiger partial charge in [-0.2, -0.15) is 0 Å². The molecule has 0 spiro atoms. The number of nitrogens with one attached hydrogen (secondary N) is 1. The third-order valence-electron chi connectivity index (χ3n) is 3.75. The maximum Gasteiger partial charge on any atom is 0.0749 e. The van der Waals surface area contributed by atoms with Crippen LogP contribution in [0.5, 0.6) is 0 Å². The van der Waals surface area contributed by atoms with Crippen molar-refractivity contribution in [1.82, 2.24) is 10.3 Å². The van der Waals surface area contributed by atoms with Crippen molar-refractivity contribution in [2.75, 3.05) is 20.3 Å². The van der Waals surface area contributed by atoms with Gasteiger partial charge in [0.05, 0.1) is 12.1 Å². The van der Waals surface area contributed by atoms with Crippen molar-refractivity contribution in [2.24, 2.45) is 5.92 Å². The summed E-state index contributed by atoms with van der Waals surface area (Å²) >= 11 is 0. The highest BCUT2D eigenvalue weighted by Crippen LogP contribution is 2.31. The van der Waals surface area contributed by atoms with Crippen molar-refractivity contribution in [3.8, 4) is 0 Å². The van der Waals surface area contributed by atoms with E-state index in [-0.39, 0.29) is 0 Å². The number of hydrogen-bond acceptors (Lipinski definition) is 3. The van der Waals surface area contributed by atoms with Crippen molar-refractivity contribution < 1.29 is 4.74 Å². The Morgan fingerprint density at radius 1 is 1.33 bits per heavy atom. The van der Waals surface area contributed by atoms with Gasteiger partial charge in [0.1, 0.15) is 0 Å². The summed E-state index contributed by atoms with van der Waals surface area (Å²) in [5, 5.41) is 4.64. The summed E-state index contributed by atoms with van der Waals surface area (Å²) in [6.45, 7) is 1.72. The second kappa shape index (κ2) is 5.04. The minimum atomic E-state index is 0.325. The second-order valence-electron chi connectivity index (χ2n) is 4.81. The van der Waals surface area contributed by atoms with E-state index in [9.17, 15) is 0 Å². The monoisotopic (exact) mass is 242 g/mol.